The lowest BCUT2D eigenvalue weighted by Gasteiger charge is -2.43. The Labute approximate surface area is 76.5 Å². The molecule has 1 fully saturated rings. The van der Waals surface area contributed by atoms with Crippen LogP contribution < -0.4 is 0 Å². The topological polar surface area (TPSA) is 6.48 Å². The Kier molecular flexibility index (Phi) is 3.53. The van der Waals surface area contributed by atoms with Gasteiger partial charge in [-0.1, -0.05) is 20.3 Å². The second-order valence-corrected chi connectivity index (χ2v) is 4.08. The van der Waals surface area contributed by atoms with E-state index in [0.717, 1.165) is 18.6 Å². The van der Waals surface area contributed by atoms with Gasteiger partial charge < -0.3 is 0 Å². The van der Waals surface area contributed by atoms with E-state index >= 15 is 0 Å². The molecule has 1 rings (SSSR count). The molecule has 2 unspecified atom stereocenters. The molecule has 0 aromatic heterocycles. The highest BCUT2D eigenvalue weighted by Gasteiger charge is 2.28. The summed E-state index contributed by atoms with van der Waals surface area (Å²) in [5, 5.41) is 0. The van der Waals surface area contributed by atoms with Crippen LogP contribution in [0.15, 0.2) is 0 Å². The molecule has 0 aromatic rings. The average Bonchev–Trinajstić information content (AvgIpc) is 2.03. The van der Waals surface area contributed by atoms with Gasteiger partial charge in [0.1, 0.15) is 0 Å². The maximum absolute atomic E-state index is 2.48. The van der Waals surface area contributed by atoms with Crippen LogP contribution in [0.4, 0.5) is 0 Å². The van der Waals surface area contributed by atoms with E-state index in [4.69, 9.17) is 0 Å². The molecule has 0 bridgehead atoms. The third-order valence-electron chi connectivity index (χ3n) is 3.06. The van der Waals surface area contributed by atoms with Crippen molar-refractivity contribution in [2.24, 2.45) is 5.92 Å². The molecule has 2 heteroatoms. The lowest BCUT2D eigenvalue weighted by Crippen LogP contribution is -2.52. The number of rotatable bonds is 2. The van der Waals surface area contributed by atoms with E-state index in [1.807, 2.05) is 0 Å². The van der Waals surface area contributed by atoms with Gasteiger partial charge in [-0.3, -0.25) is 9.80 Å². The van der Waals surface area contributed by atoms with Crippen molar-refractivity contribution in [1.82, 2.24) is 9.80 Å². The molecule has 0 aliphatic carbocycles. The molecule has 0 N–H and O–H groups in total. The minimum atomic E-state index is 0.811. The Morgan fingerprint density at radius 1 is 1.17 bits per heavy atom. The van der Waals surface area contributed by atoms with Crippen molar-refractivity contribution in [3.05, 3.63) is 0 Å². The monoisotopic (exact) mass is 170 g/mol. The molecule has 1 saturated heterocycles. The summed E-state index contributed by atoms with van der Waals surface area (Å²) < 4.78 is 0. The Balaban J connectivity index is 2.56. The van der Waals surface area contributed by atoms with Crippen LogP contribution in [0.5, 0.6) is 0 Å². The van der Waals surface area contributed by atoms with E-state index in [1.165, 1.54) is 19.4 Å². The lowest BCUT2D eigenvalue weighted by atomic mass is 9.91. The van der Waals surface area contributed by atoms with Crippen molar-refractivity contribution >= 4 is 0 Å². The van der Waals surface area contributed by atoms with Gasteiger partial charge >= 0.3 is 0 Å². The summed E-state index contributed by atoms with van der Waals surface area (Å²) in [4.78, 5) is 4.90. The highest BCUT2D eigenvalue weighted by Crippen LogP contribution is 2.22. The van der Waals surface area contributed by atoms with Gasteiger partial charge in [0.05, 0.1) is 6.67 Å². The smallest absolute Gasteiger partial charge is 0.0503 e. The maximum atomic E-state index is 2.48. The zero-order valence-corrected chi connectivity index (χ0v) is 8.88. The Bertz CT molecular complexity index is 136. The van der Waals surface area contributed by atoms with Crippen LogP contribution in [0, 0.1) is 5.92 Å². The van der Waals surface area contributed by atoms with Crippen LogP contribution in [0.25, 0.3) is 0 Å². The van der Waals surface area contributed by atoms with E-state index in [1.54, 1.807) is 0 Å². The standard InChI is InChI=1S/C10H22N2/c1-5-9-7-11(3)8-12(4)10(9)6-2/h9-10H,5-8H2,1-4H3. The molecular formula is C10H22N2. The zero-order valence-electron chi connectivity index (χ0n) is 8.88. The van der Waals surface area contributed by atoms with Crippen LogP contribution in [-0.4, -0.2) is 43.2 Å². The first-order chi connectivity index (χ1) is 5.69. The molecule has 72 valence electrons. The van der Waals surface area contributed by atoms with Crippen LogP contribution in [0.2, 0.25) is 0 Å². The molecule has 0 radical (unpaired) electrons. The van der Waals surface area contributed by atoms with Crippen molar-refractivity contribution in [3.63, 3.8) is 0 Å². The minimum Gasteiger partial charge on any atom is -0.293 e. The first-order valence-electron chi connectivity index (χ1n) is 5.07. The van der Waals surface area contributed by atoms with E-state index in [2.05, 4.69) is 37.7 Å². The first-order valence-corrected chi connectivity index (χ1v) is 5.07. The molecule has 1 aliphatic rings. The van der Waals surface area contributed by atoms with Crippen LogP contribution in [-0.2, 0) is 0 Å². The highest BCUT2D eigenvalue weighted by molar-refractivity contribution is 4.81. The number of nitrogens with zero attached hydrogens (tertiary/aromatic N) is 2. The highest BCUT2D eigenvalue weighted by atomic mass is 15.3. The maximum Gasteiger partial charge on any atom is 0.0503 e. The molecule has 12 heavy (non-hydrogen) atoms. The van der Waals surface area contributed by atoms with Gasteiger partial charge in [-0.25, -0.2) is 0 Å². The van der Waals surface area contributed by atoms with Crippen molar-refractivity contribution in [3.8, 4) is 0 Å². The van der Waals surface area contributed by atoms with Gasteiger partial charge in [-0.05, 0) is 26.4 Å². The Hall–Kier alpha value is -0.0800. The quantitative estimate of drug-likeness (QED) is 0.621. The van der Waals surface area contributed by atoms with Crippen molar-refractivity contribution in [1.29, 1.82) is 0 Å². The van der Waals surface area contributed by atoms with E-state index in [-0.39, 0.29) is 0 Å². The largest absolute Gasteiger partial charge is 0.293 e. The van der Waals surface area contributed by atoms with Crippen LogP contribution >= 0.6 is 0 Å². The SMILES string of the molecule is CCC1CN(C)CN(C)C1CC. The van der Waals surface area contributed by atoms with Gasteiger partial charge in [0.2, 0.25) is 0 Å². The fourth-order valence-corrected chi connectivity index (χ4v) is 2.47. The Morgan fingerprint density at radius 2 is 1.83 bits per heavy atom. The van der Waals surface area contributed by atoms with Crippen molar-refractivity contribution < 1.29 is 0 Å². The molecule has 1 heterocycles. The summed E-state index contributed by atoms with van der Waals surface area (Å²) in [6, 6.07) is 0.811. The van der Waals surface area contributed by atoms with Crippen LogP contribution in [0.1, 0.15) is 26.7 Å². The van der Waals surface area contributed by atoms with E-state index in [9.17, 15) is 0 Å². The zero-order chi connectivity index (χ0) is 9.14. The number of hydrogen-bond acceptors (Lipinski definition) is 2. The van der Waals surface area contributed by atoms with Gasteiger partial charge in [0.25, 0.3) is 0 Å². The predicted molar refractivity (Wildman–Crippen MR) is 53.1 cm³/mol. The van der Waals surface area contributed by atoms with Crippen molar-refractivity contribution in [2.45, 2.75) is 32.7 Å². The second kappa shape index (κ2) is 4.24. The van der Waals surface area contributed by atoms with Gasteiger partial charge in [0, 0.05) is 12.6 Å². The molecule has 1 aliphatic heterocycles. The summed E-state index contributed by atoms with van der Waals surface area (Å²) in [7, 11) is 4.46. The van der Waals surface area contributed by atoms with Gasteiger partial charge in [-0.15, -0.1) is 0 Å². The predicted octanol–water partition coefficient (Wildman–Crippen LogP) is 1.63. The molecule has 2 atom stereocenters. The number of hydrogen-bond donors (Lipinski definition) is 0. The van der Waals surface area contributed by atoms with Crippen molar-refractivity contribution in [2.75, 3.05) is 27.3 Å². The molecule has 0 amide bonds. The Morgan fingerprint density at radius 3 is 2.33 bits per heavy atom. The molecule has 0 aromatic carbocycles. The molecule has 0 spiro atoms. The summed E-state index contributed by atoms with van der Waals surface area (Å²) in [6.07, 6.45) is 2.61. The summed E-state index contributed by atoms with van der Waals surface area (Å²) in [6.45, 7) is 7.02. The first kappa shape index (κ1) is 10.0. The second-order valence-electron chi connectivity index (χ2n) is 4.08. The summed E-state index contributed by atoms with van der Waals surface area (Å²) >= 11 is 0. The van der Waals surface area contributed by atoms with E-state index in [0.29, 0.717) is 0 Å². The third-order valence-corrected chi connectivity index (χ3v) is 3.06. The summed E-state index contributed by atoms with van der Waals surface area (Å²) in [5.41, 5.74) is 0. The fraction of sp³-hybridized carbons (Fsp3) is 1.00. The van der Waals surface area contributed by atoms with E-state index < -0.39 is 0 Å². The molecular weight excluding hydrogens is 148 g/mol. The minimum absolute atomic E-state index is 0.811. The fourth-order valence-electron chi connectivity index (χ4n) is 2.47. The molecule has 0 saturated carbocycles. The van der Waals surface area contributed by atoms with Crippen LogP contribution in [0.3, 0.4) is 0 Å². The average molecular weight is 170 g/mol. The lowest BCUT2D eigenvalue weighted by molar-refractivity contribution is 0.0267. The third kappa shape index (κ3) is 1.99. The van der Waals surface area contributed by atoms with Gasteiger partial charge in [0.15, 0.2) is 0 Å². The molecule has 2 nitrogen and oxygen atoms in total. The summed E-state index contributed by atoms with van der Waals surface area (Å²) in [5.74, 6) is 0.874. The van der Waals surface area contributed by atoms with Gasteiger partial charge in [-0.2, -0.15) is 0 Å². The normalized spacial score (nSPS) is 34.0.